The summed E-state index contributed by atoms with van der Waals surface area (Å²) in [6.45, 7) is 1.93. The first-order chi connectivity index (χ1) is 7.66. The fourth-order valence-corrected chi connectivity index (χ4v) is 1.63. The predicted octanol–water partition coefficient (Wildman–Crippen LogP) is 1.96. The molecule has 5 heteroatoms. The molecule has 0 saturated heterocycles. The van der Waals surface area contributed by atoms with Crippen molar-refractivity contribution in [3.05, 3.63) is 45.2 Å². The first-order valence-corrected chi connectivity index (χ1v) is 5.93. The van der Waals surface area contributed by atoms with Crippen LogP contribution in [0.1, 0.15) is 17.2 Å². The fourth-order valence-electron chi connectivity index (χ4n) is 1.38. The smallest absolute Gasteiger partial charge is 0.140 e. The van der Waals surface area contributed by atoms with Gasteiger partial charge < -0.3 is 5.73 Å². The largest absolute Gasteiger partial charge is 0.383 e. The van der Waals surface area contributed by atoms with Crippen molar-refractivity contribution in [2.75, 3.05) is 5.73 Å². The molecule has 0 fully saturated rings. The van der Waals surface area contributed by atoms with Gasteiger partial charge in [0.15, 0.2) is 0 Å². The Kier molecular flexibility index (Phi) is 3.33. The first kappa shape index (κ1) is 11.3. The second kappa shape index (κ2) is 4.73. The molecular formula is C11H11IN4. The van der Waals surface area contributed by atoms with Crippen molar-refractivity contribution in [1.82, 2.24) is 15.0 Å². The van der Waals surface area contributed by atoms with Crippen molar-refractivity contribution in [2.45, 2.75) is 13.3 Å². The number of nitrogens with two attached hydrogens (primary N) is 1. The maximum atomic E-state index is 5.80. The van der Waals surface area contributed by atoms with Crippen LogP contribution in [0.4, 0.5) is 5.82 Å². The number of hydrogen-bond acceptors (Lipinski definition) is 4. The number of halogens is 1. The highest BCUT2D eigenvalue weighted by Gasteiger charge is 2.07. The van der Waals surface area contributed by atoms with Gasteiger partial charge in [-0.3, -0.25) is 4.98 Å². The summed E-state index contributed by atoms with van der Waals surface area (Å²) in [5.41, 5.74) is 7.66. The topological polar surface area (TPSA) is 64.7 Å². The minimum Gasteiger partial charge on any atom is -0.383 e. The average Bonchev–Trinajstić information content (AvgIpc) is 2.27. The molecular weight excluding hydrogens is 315 g/mol. The quantitative estimate of drug-likeness (QED) is 0.857. The summed E-state index contributed by atoms with van der Waals surface area (Å²) in [5.74, 6) is 1.26. The molecule has 0 amide bonds. The van der Waals surface area contributed by atoms with Gasteiger partial charge in [-0.2, -0.15) is 0 Å². The number of pyridine rings is 1. The van der Waals surface area contributed by atoms with Gasteiger partial charge in [0.25, 0.3) is 0 Å². The molecule has 2 heterocycles. The van der Waals surface area contributed by atoms with Gasteiger partial charge in [-0.1, -0.05) is 6.07 Å². The van der Waals surface area contributed by atoms with Gasteiger partial charge in [-0.15, -0.1) is 0 Å². The van der Waals surface area contributed by atoms with E-state index >= 15 is 0 Å². The number of aromatic nitrogens is 3. The Hall–Kier alpha value is -1.24. The molecule has 0 aromatic carbocycles. The predicted molar refractivity (Wildman–Crippen MR) is 70.9 cm³/mol. The lowest BCUT2D eigenvalue weighted by Crippen LogP contribution is -2.06. The zero-order valence-corrected chi connectivity index (χ0v) is 11.0. The van der Waals surface area contributed by atoms with Crippen LogP contribution in [0.3, 0.4) is 0 Å². The number of hydrogen-bond donors (Lipinski definition) is 1. The van der Waals surface area contributed by atoms with E-state index in [4.69, 9.17) is 5.73 Å². The number of anilines is 1. The van der Waals surface area contributed by atoms with Crippen LogP contribution in [-0.2, 0) is 6.42 Å². The van der Waals surface area contributed by atoms with Crippen LogP contribution in [0.25, 0.3) is 0 Å². The van der Waals surface area contributed by atoms with Crippen LogP contribution in [0, 0.1) is 10.5 Å². The molecule has 82 valence electrons. The molecule has 0 atom stereocenters. The van der Waals surface area contributed by atoms with Crippen molar-refractivity contribution < 1.29 is 0 Å². The van der Waals surface area contributed by atoms with E-state index in [1.165, 1.54) is 0 Å². The van der Waals surface area contributed by atoms with Crippen molar-refractivity contribution in [1.29, 1.82) is 0 Å². The molecule has 0 aliphatic carbocycles. The lowest BCUT2D eigenvalue weighted by atomic mass is 10.2. The van der Waals surface area contributed by atoms with Crippen LogP contribution in [0.2, 0.25) is 0 Å². The third-order valence-corrected chi connectivity index (χ3v) is 3.49. The average molecular weight is 326 g/mol. The van der Waals surface area contributed by atoms with E-state index in [1.54, 1.807) is 6.20 Å². The summed E-state index contributed by atoms with van der Waals surface area (Å²) in [6.07, 6.45) is 2.38. The highest BCUT2D eigenvalue weighted by Crippen LogP contribution is 2.16. The van der Waals surface area contributed by atoms with E-state index in [-0.39, 0.29) is 0 Å². The van der Waals surface area contributed by atoms with Crippen LogP contribution in [0.5, 0.6) is 0 Å². The summed E-state index contributed by atoms with van der Waals surface area (Å²) >= 11 is 2.15. The maximum absolute atomic E-state index is 5.80. The molecule has 0 saturated carbocycles. The molecule has 0 aliphatic rings. The van der Waals surface area contributed by atoms with Gasteiger partial charge in [-0.25, -0.2) is 9.97 Å². The van der Waals surface area contributed by atoms with Crippen molar-refractivity contribution in [3.8, 4) is 0 Å². The highest BCUT2D eigenvalue weighted by atomic mass is 127. The molecule has 0 aliphatic heterocycles. The summed E-state index contributed by atoms with van der Waals surface area (Å²) in [5, 5.41) is 0. The molecule has 2 aromatic rings. The zero-order valence-electron chi connectivity index (χ0n) is 8.81. The van der Waals surface area contributed by atoms with Gasteiger partial charge >= 0.3 is 0 Å². The van der Waals surface area contributed by atoms with Crippen LogP contribution < -0.4 is 5.73 Å². The van der Waals surface area contributed by atoms with E-state index in [0.29, 0.717) is 18.1 Å². The van der Waals surface area contributed by atoms with E-state index in [9.17, 15) is 0 Å². The zero-order chi connectivity index (χ0) is 11.5. The maximum Gasteiger partial charge on any atom is 0.140 e. The van der Waals surface area contributed by atoms with Gasteiger partial charge in [0.1, 0.15) is 11.6 Å². The van der Waals surface area contributed by atoms with Gasteiger partial charge in [0, 0.05) is 11.9 Å². The molecule has 2 N–H and O–H groups in total. The summed E-state index contributed by atoms with van der Waals surface area (Å²) in [4.78, 5) is 12.9. The number of nitrogen functional groups attached to an aromatic ring is 1. The van der Waals surface area contributed by atoms with E-state index < -0.39 is 0 Å². The normalized spacial score (nSPS) is 10.4. The molecule has 0 bridgehead atoms. The summed E-state index contributed by atoms with van der Waals surface area (Å²) in [7, 11) is 0. The lowest BCUT2D eigenvalue weighted by Gasteiger charge is -2.05. The van der Waals surface area contributed by atoms with Gasteiger partial charge in [0.2, 0.25) is 0 Å². The van der Waals surface area contributed by atoms with Crippen LogP contribution in [-0.4, -0.2) is 15.0 Å². The van der Waals surface area contributed by atoms with Gasteiger partial charge in [0.05, 0.1) is 15.7 Å². The monoisotopic (exact) mass is 326 g/mol. The van der Waals surface area contributed by atoms with E-state index in [2.05, 4.69) is 37.5 Å². The molecule has 16 heavy (non-hydrogen) atoms. The highest BCUT2D eigenvalue weighted by molar-refractivity contribution is 14.1. The van der Waals surface area contributed by atoms with Crippen LogP contribution >= 0.6 is 22.6 Å². The molecule has 2 aromatic heterocycles. The van der Waals surface area contributed by atoms with Gasteiger partial charge in [-0.05, 0) is 41.6 Å². The Balaban J connectivity index is 2.29. The summed E-state index contributed by atoms with van der Waals surface area (Å²) < 4.78 is 0.919. The molecule has 0 spiro atoms. The number of aryl methyl sites for hydroxylation is 1. The first-order valence-electron chi connectivity index (χ1n) is 4.85. The van der Waals surface area contributed by atoms with Crippen molar-refractivity contribution >= 4 is 28.4 Å². The standard InChI is InChI=1S/C11H11IN4/c1-7-10(12)11(13)16-9(15-7)6-8-4-2-3-5-14-8/h2-5H,6H2,1H3,(H2,13,15,16). The second-order valence-corrected chi connectivity index (χ2v) is 4.50. The third-order valence-electron chi connectivity index (χ3n) is 2.15. The third kappa shape index (κ3) is 2.46. The SMILES string of the molecule is Cc1nc(Cc2ccccn2)nc(N)c1I. The van der Waals surface area contributed by atoms with E-state index in [0.717, 1.165) is 15.0 Å². The van der Waals surface area contributed by atoms with Crippen LogP contribution in [0.15, 0.2) is 24.4 Å². The Morgan fingerprint density at radius 1 is 1.31 bits per heavy atom. The molecule has 0 unspecified atom stereocenters. The molecule has 4 nitrogen and oxygen atoms in total. The minimum atomic E-state index is 0.541. The summed E-state index contributed by atoms with van der Waals surface area (Å²) in [6, 6.07) is 5.79. The Labute approximate surface area is 107 Å². The fraction of sp³-hybridized carbons (Fsp3) is 0.182. The second-order valence-electron chi connectivity index (χ2n) is 3.42. The Morgan fingerprint density at radius 3 is 2.75 bits per heavy atom. The van der Waals surface area contributed by atoms with E-state index in [1.807, 2.05) is 25.1 Å². The number of nitrogens with zero attached hydrogens (tertiary/aromatic N) is 3. The van der Waals surface area contributed by atoms with Crippen molar-refractivity contribution in [3.63, 3.8) is 0 Å². The lowest BCUT2D eigenvalue weighted by molar-refractivity contribution is 0.915. The van der Waals surface area contributed by atoms with Crippen molar-refractivity contribution in [2.24, 2.45) is 0 Å². The Morgan fingerprint density at radius 2 is 2.12 bits per heavy atom. The molecule has 0 radical (unpaired) electrons. The minimum absolute atomic E-state index is 0.541. The molecule has 2 rings (SSSR count). The Bertz CT molecular complexity index is 476. The number of rotatable bonds is 2.